The van der Waals surface area contributed by atoms with Gasteiger partial charge in [0.15, 0.2) is 29.3 Å². The quantitative estimate of drug-likeness (QED) is 0.548. The van der Waals surface area contributed by atoms with Gasteiger partial charge >= 0.3 is 0 Å². The van der Waals surface area contributed by atoms with Crippen LogP contribution in [0.15, 0.2) is 48.5 Å². The molecule has 4 aliphatic heterocycles. The van der Waals surface area contributed by atoms with Crippen LogP contribution in [0.25, 0.3) is 0 Å². The normalized spacial score (nSPS) is 32.0. The van der Waals surface area contributed by atoms with Crippen LogP contribution in [-0.2, 0) is 34.9 Å². The summed E-state index contributed by atoms with van der Waals surface area (Å²) < 4.78 is 42.2. The summed E-state index contributed by atoms with van der Waals surface area (Å²) in [4.78, 5) is 12.6. The second kappa shape index (κ2) is 10.3. The van der Waals surface area contributed by atoms with Crippen LogP contribution in [0.2, 0.25) is 0 Å². The Kier molecular flexibility index (Phi) is 6.93. The Balaban J connectivity index is 1.02. The number of hydrogen-bond donors (Lipinski definition) is 2. The van der Waals surface area contributed by atoms with E-state index in [9.17, 15) is 4.79 Å². The first-order valence-electron chi connectivity index (χ1n) is 13.5. The zero-order chi connectivity index (χ0) is 27.2. The van der Waals surface area contributed by atoms with Crippen LogP contribution in [0, 0.1) is 0 Å². The fourth-order valence-electron chi connectivity index (χ4n) is 5.44. The molecule has 0 aromatic heterocycles. The second-order valence-electron chi connectivity index (χ2n) is 11.3. The van der Waals surface area contributed by atoms with Gasteiger partial charge in [0.25, 0.3) is 0 Å². The van der Waals surface area contributed by atoms with Crippen molar-refractivity contribution in [3.63, 3.8) is 0 Å². The van der Waals surface area contributed by atoms with Crippen LogP contribution in [-0.4, -0.2) is 74.0 Å². The number of para-hydroxylation sites is 2. The number of rotatable bonds is 7. The zero-order valence-electron chi connectivity index (χ0n) is 22.7. The summed E-state index contributed by atoms with van der Waals surface area (Å²) in [6.45, 7) is 8.80. The highest BCUT2D eigenvalue weighted by molar-refractivity contribution is 5.78. The third-order valence-corrected chi connectivity index (χ3v) is 7.21. The number of hydrogen-bond acceptors (Lipinski definition) is 9. The highest BCUT2D eigenvalue weighted by Gasteiger charge is 2.59. The van der Waals surface area contributed by atoms with Crippen molar-refractivity contribution in [3.05, 3.63) is 54.1 Å². The van der Waals surface area contributed by atoms with E-state index in [0.29, 0.717) is 25.5 Å². The summed E-state index contributed by atoms with van der Waals surface area (Å²) in [5.74, 6) is -0.0379. The molecule has 6 atom stereocenters. The molecule has 10 nitrogen and oxygen atoms in total. The molecule has 210 valence electrons. The molecule has 0 spiro atoms. The Bertz CT molecular complexity index is 1190. The summed E-state index contributed by atoms with van der Waals surface area (Å²) in [5.41, 5.74) is 1.75. The highest BCUT2D eigenvalue weighted by Crippen LogP contribution is 2.42. The SMILES string of the molecule is CC1(C)OCC(C2OC(Nc3ccc(CC(=O)NCC4COc5ccccc5O4)cc3)[C@H]3OC(C)(C)O[C@@H]23)O1. The Labute approximate surface area is 228 Å². The third kappa shape index (κ3) is 5.85. The van der Waals surface area contributed by atoms with Gasteiger partial charge < -0.3 is 43.8 Å². The van der Waals surface area contributed by atoms with Gasteiger partial charge in [0, 0.05) is 5.69 Å². The molecule has 0 aliphatic carbocycles. The largest absolute Gasteiger partial charge is 0.486 e. The molecular formula is C29H36N2O8. The first-order valence-corrected chi connectivity index (χ1v) is 13.5. The Hall–Kier alpha value is -2.89. The summed E-state index contributed by atoms with van der Waals surface area (Å²) >= 11 is 0. The van der Waals surface area contributed by atoms with Crippen molar-refractivity contribution in [2.24, 2.45) is 0 Å². The molecule has 4 unspecified atom stereocenters. The Morgan fingerprint density at radius 2 is 1.62 bits per heavy atom. The Morgan fingerprint density at radius 3 is 2.36 bits per heavy atom. The zero-order valence-corrected chi connectivity index (χ0v) is 22.7. The van der Waals surface area contributed by atoms with E-state index in [4.69, 9.17) is 33.2 Å². The third-order valence-electron chi connectivity index (χ3n) is 7.21. The van der Waals surface area contributed by atoms with Gasteiger partial charge in [-0.1, -0.05) is 24.3 Å². The van der Waals surface area contributed by atoms with Gasteiger partial charge in [-0.25, -0.2) is 0 Å². The predicted molar refractivity (Wildman–Crippen MR) is 141 cm³/mol. The number of benzene rings is 2. The lowest BCUT2D eigenvalue weighted by atomic mass is 10.1. The maximum atomic E-state index is 12.6. The van der Waals surface area contributed by atoms with Crippen molar-refractivity contribution in [1.82, 2.24) is 5.32 Å². The number of carbonyl (C=O) groups is 1. The average Bonchev–Trinajstić information content (AvgIpc) is 3.53. The predicted octanol–water partition coefficient (Wildman–Crippen LogP) is 2.99. The minimum Gasteiger partial charge on any atom is -0.486 e. The second-order valence-corrected chi connectivity index (χ2v) is 11.3. The number of carbonyl (C=O) groups excluding carboxylic acids is 1. The molecule has 3 fully saturated rings. The lowest BCUT2D eigenvalue weighted by molar-refractivity contribution is -0.203. The van der Waals surface area contributed by atoms with E-state index in [-0.39, 0.29) is 42.8 Å². The van der Waals surface area contributed by atoms with Gasteiger partial charge in [0.05, 0.1) is 19.6 Å². The molecule has 2 N–H and O–H groups in total. The van der Waals surface area contributed by atoms with Crippen LogP contribution < -0.4 is 20.1 Å². The van der Waals surface area contributed by atoms with Crippen molar-refractivity contribution in [2.75, 3.05) is 25.1 Å². The molecule has 0 saturated carbocycles. The summed E-state index contributed by atoms with van der Waals surface area (Å²) in [7, 11) is 0. The molecule has 3 saturated heterocycles. The van der Waals surface area contributed by atoms with Crippen molar-refractivity contribution < 1.29 is 38.0 Å². The van der Waals surface area contributed by atoms with E-state index < -0.39 is 17.8 Å². The number of anilines is 1. The van der Waals surface area contributed by atoms with E-state index in [0.717, 1.165) is 17.0 Å². The maximum Gasteiger partial charge on any atom is 0.224 e. The average molecular weight is 541 g/mol. The molecule has 10 heteroatoms. The van der Waals surface area contributed by atoms with E-state index >= 15 is 0 Å². The van der Waals surface area contributed by atoms with Gasteiger partial charge in [-0.15, -0.1) is 0 Å². The monoisotopic (exact) mass is 540 g/mol. The first kappa shape index (κ1) is 26.3. The molecular weight excluding hydrogens is 504 g/mol. The number of amides is 1. The summed E-state index contributed by atoms with van der Waals surface area (Å²) in [6, 6.07) is 15.2. The van der Waals surface area contributed by atoms with E-state index in [2.05, 4.69) is 10.6 Å². The maximum absolute atomic E-state index is 12.6. The van der Waals surface area contributed by atoms with Gasteiger partial charge in [0.2, 0.25) is 5.91 Å². The van der Waals surface area contributed by atoms with Crippen molar-refractivity contribution in [3.8, 4) is 11.5 Å². The molecule has 0 radical (unpaired) electrons. The molecule has 0 bridgehead atoms. The molecule has 39 heavy (non-hydrogen) atoms. The molecule has 2 aromatic carbocycles. The van der Waals surface area contributed by atoms with E-state index in [1.165, 1.54) is 0 Å². The fraction of sp³-hybridized carbons (Fsp3) is 0.552. The van der Waals surface area contributed by atoms with Crippen LogP contribution in [0.1, 0.15) is 33.3 Å². The smallest absolute Gasteiger partial charge is 0.224 e. The van der Waals surface area contributed by atoms with Crippen molar-refractivity contribution >= 4 is 11.6 Å². The lowest BCUT2D eigenvalue weighted by Gasteiger charge is -2.27. The van der Waals surface area contributed by atoms with Crippen LogP contribution in [0.3, 0.4) is 0 Å². The standard InChI is InChI=1S/C29H36N2O8/c1-28(2)34-16-22(37-28)24-25-26(39-29(3,4)38-25)27(36-24)31-18-11-9-17(10-12-18)13-23(32)30-14-19-15-33-20-7-5-6-8-21(20)35-19/h5-12,19,22,24-27,31H,13-16H2,1-4H3,(H,30,32)/t19?,22?,24?,25-,26-,27?/m0/s1. The van der Waals surface area contributed by atoms with E-state index in [1.54, 1.807) is 0 Å². The molecule has 2 aromatic rings. The van der Waals surface area contributed by atoms with Crippen LogP contribution in [0.4, 0.5) is 5.69 Å². The number of fused-ring (bicyclic) bond motifs is 2. The summed E-state index contributed by atoms with van der Waals surface area (Å²) in [6.07, 6.45) is -1.56. The molecule has 1 amide bonds. The van der Waals surface area contributed by atoms with Gasteiger partial charge in [-0.2, -0.15) is 0 Å². The minimum absolute atomic E-state index is 0.0802. The van der Waals surface area contributed by atoms with Gasteiger partial charge in [0.1, 0.15) is 37.1 Å². The molecule has 4 aliphatic rings. The Morgan fingerprint density at radius 1 is 0.872 bits per heavy atom. The molecule has 6 rings (SSSR count). The molecule has 4 heterocycles. The fourth-order valence-corrected chi connectivity index (χ4v) is 5.44. The topological polar surface area (TPSA) is 106 Å². The van der Waals surface area contributed by atoms with E-state index in [1.807, 2.05) is 76.2 Å². The van der Waals surface area contributed by atoms with Gasteiger partial charge in [-0.05, 0) is 57.5 Å². The first-order chi connectivity index (χ1) is 18.6. The van der Waals surface area contributed by atoms with Crippen molar-refractivity contribution in [2.45, 2.75) is 82.4 Å². The minimum atomic E-state index is -0.721. The number of ether oxygens (including phenoxy) is 7. The summed E-state index contributed by atoms with van der Waals surface area (Å²) in [5, 5.41) is 6.37. The number of nitrogens with one attached hydrogen (secondary N) is 2. The van der Waals surface area contributed by atoms with Crippen molar-refractivity contribution in [1.29, 1.82) is 0 Å². The van der Waals surface area contributed by atoms with Crippen LogP contribution >= 0.6 is 0 Å². The van der Waals surface area contributed by atoms with Crippen LogP contribution in [0.5, 0.6) is 11.5 Å². The van der Waals surface area contributed by atoms with Gasteiger partial charge in [-0.3, -0.25) is 4.79 Å². The highest BCUT2D eigenvalue weighted by atomic mass is 16.8. The lowest BCUT2D eigenvalue weighted by Crippen LogP contribution is -2.41.